The molecule has 0 saturated carbocycles. The van der Waals surface area contributed by atoms with Gasteiger partial charge in [-0.3, -0.25) is 43.2 Å². The second-order valence-electron chi connectivity index (χ2n) is 25.9. The van der Waals surface area contributed by atoms with Gasteiger partial charge < -0.3 is 56.7 Å². The topological polar surface area (TPSA) is 308 Å². The van der Waals surface area contributed by atoms with Gasteiger partial charge in [0.05, 0.1) is 45.5 Å². The van der Waals surface area contributed by atoms with Gasteiger partial charge in [0.1, 0.15) is 41.5 Å². The molecule has 8 atom stereocenters. The maximum atomic E-state index is 13.1. The van der Waals surface area contributed by atoms with Crippen LogP contribution in [0.4, 0.5) is 0 Å². The van der Waals surface area contributed by atoms with Crippen LogP contribution in [-0.2, 0) is 75.3 Å². The molecule has 20 nitrogen and oxygen atoms in total. The third-order valence-electron chi connectivity index (χ3n) is 16.4. The number of amides is 5. The molecule has 0 spiro atoms. The fraction of sp³-hybridized carbons (Fsp3) is 0.500. The van der Waals surface area contributed by atoms with Gasteiger partial charge in [-0.05, 0) is 153 Å². The first-order chi connectivity index (χ1) is 46.7. The minimum absolute atomic E-state index is 0. The van der Waals surface area contributed by atoms with Crippen LogP contribution < -0.4 is 46.5 Å². The number of nitrogens with two attached hydrogens (primary N) is 1. The maximum Gasteiger partial charge on any atom is 0.243 e. The summed E-state index contributed by atoms with van der Waals surface area (Å²) in [6, 6.07) is 37.2. The third-order valence-corrected chi connectivity index (χ3v) is 16.4. The summed E-state index contributed by atoms with van der Waals surface area (Å²) in [7, 11) is 4.74. The van der Waals surface area contributed by atoms with Crippen molar-refractivity contribution in [3.63, 3.8) is 0 Å². The predicted molar refractivity (Wildman–Crippen MR) is 390 cm³/mol. The molecule has 0 aliphatic carbocycles. The number of Topliss-reactive ketones (excluding diaryl/α,β-unsaturated/α-hetero) is 4. The molecular weight excluding hydrogens is 1280 g/mol. The number of carbonyl (C=O) groups excluding carboxylic acids is 9. The molecule has 5 aromatic carbocycles. The van der Waals surface area contributed by atoms with Crippen LogP contribution in [-0.4, -0.2) is 133 Å². The van der Waals surface area contributed by atoms with Crippen molar-refractivity contribution >= 4 is 65.1 Å². The van der Waals surface area contributed by atoms with Gasteiger partial charge in [-0.2, -0.15) is 0 Å². The van der Waals surface area contributed by atoms with Gasteiger partial charge >= 0.3 is 0 Å². The second kappa shape index (κ2) is 47.6. The first-order valence-electron chi connectivity index (χ1n) is 34.4. The summed E-state index contributed by atoms with van der Waals surface area (Å²) >= 11 is 0. The van der Waals surface area contributed by atoms with Crippen molar-refractivity contribution in [2.24, 2.45) is 23.5 Å². The Kier molecular flexibility index (Phi) is 41.8. The third kappa shape index (κ3) is 33.9. The van der Waals surface area contributed by atoms with E-state index in [1.807, 2.05) is 182 Å². The van der Waals surface area contributed by atoms with Crippen molar-refractivity contribution in [3.05, 3.63) is 161 Å². The normalized spacial score (nSPS) is 13.3. The molecule has 9 N–H and O–H groups in total. The van der Waals surface area contributed by atoms with Crippen molar-refractivity contribution in [2.75, 3.05) is 21.3 Å². The maximum absolute atomic E-state index is 13.1. The molecule has 99 heavy (non-hydrogen) atoms. The number of aryl methyl sites for hydroxylation is 5. The van der Waals surface area contributed by atoms with Crippen LogP contribution in [0, 0.1) is 17.8 Å². The minimum atomic E-state index is -1.32. The monoisotopic (exact) mass is 1390 g/mol. The lowest BCUT2D eigenvalue weighted by atomic mass is 9.97. The van der Waals surface area contributed by atoms with E-state index in [0.29, 0.717) is 81.6 Å². The zero-order valence-electron chi connectivity index (χ0n) is 60.1. The molecule has 0 aromatic heterocycles. The van der Waals surface area contributed by atoms with E-state index < -0.39 is 65.9 Å². The van der Waals surface area contributed by atoms with E-state index in [1.165, 1.54) is 0 Å². The highest BCUT2D eigenvalue weighted by molar-refractivity contribution is 6.39. The molecule has 0 radical (unpaired) electrons. The van der Waals surface area contributed by atoms with Crippen molar-refractivity contribution in [1.82, 2.24) is 26.6 Å². The fourth-order valence-electron chi connectivity index (χ4n) is 10.7. The number of hydrogen-bond acceptors (Lipinski definition) is 15. The highest BCUT2D eigenvalue weighted by atomic mass is 35.5. The molecule has 0 aliphatic rings. The first-order valence-corrected chi connectivity index (χ1v) is 34.4. The molecular formula is C78H111ClN6O14. The van der Waals surface area contributed by atoms with Gasteiger partial charge in [0.25, 0.3) is 0 Å². The summed E-state index contributed by atoms with van der Waals surface area (Å²) in [6.45, 7) is 17.2. The number of rotatable bonds is 41. The van der Waals surface area contributed by atoms with Crippen LogP contribution >= 0.6 is 12.4 Å². The Balaban J connectivity index is 0.000000510. The van der Waals surface area contributed by atoms with Gasteiger partial charge in [-0.25, -0.2) is 0 Å². The number of aliphatic hydroxyl groups is 2. The van der Waals surface area contributed by atoms with E-state index in [-0.39, 0.29) is 98.0 Å². The van der Waals surface area contributed by atoms with Crippen LogP contribution in [0.15, 0.2) is 133 Å². The molecule has 5 rings (SSSR count). The smallest absolute Gasteiger partial charge is 0.243 e. The zero-order valence-corrected chi connectivity index (χ0v) is 61.0. The fourth-order valence-corrected chi connectivity index (χ4v) is 10.7. The quantitative estimate of drug-likeness (QED) is 0.0169. The van der Waals surface area contributed by atoms with Crippen LogP contribution in [0.2, 0.25) is 0 Å². The summed E-state index contributed by atoms with van der Waals surface area (Å²) in [4.78, 5) is 114. The van der Waals surface area contributed by atoms with Crippen LogP contribution in [0.1, 0.15) is 161 Å². The molecule has 5 aromatic rings. The molecule has 0 fully saturated rings. The Hall–Kier alpha value is -8.30. The van der Waals surface area contributed by atoms with Crippen molar-refractivity contribution in [3.8, 4) is 17.2 Å². The summed E-state index contributed by atoms with van der Waals surface area (Å²) in [5.41, 5.74) is 10.8. The molecule has 5 unspecified atom stereocenters. The second-order valence-corrected chi connectivity index (χ2v) is 25.9. The Morgan fingerprint density at radius 1 is 0.394 bits per heavy atom. The van der Waals surface area contributed by atoms with E-state index in [0.717, 1.165) is 33.6 Å². The first kappa shape index (κ1) is 86.8. The van der Waals surface area contributed by atoms with Gasteiger partial charge in [0, 0.05) is 32.1 Å². The molecule has 0 aliphatic heterocycles. The predicted octanol–water partition coefficient (Wildman–Crippen LogP) is 9.69. The SMILES string of the molecule is CCC(NC(=O)[C@@H](N)CC(C)C)C(O)C(=O)CCc1cccc(OC)c1.CCC(NC(=O)[C@H](CC(C)C)NC(=O)CCc1ccccc1)C(=O)C(=O)CCc1cccc(OC)c1.CCC(NC(=O)[C@H](CC(C)C)NC(=O)CCc1ccccc1)C(O)C(=O)CCc1cccc(OC)c1.Cl. The van der Waals surface area contributed by atoms with Gasteiger partial charge in [0.2, 0.25) is 41.1 Å². The molecule has 544 valence electrons. The lowest BCUT2D eigenvalue weighted by Gasteiger charge is -2.26. The van der Waals surface area contributed by atoms with E-state index in [9.17, 15) is 53.4 Å². The molecule has 21 heteroatoms. The summed E-state index contributed by atoms with van der Waals surface area (Å²) < 4.78 is 15.6. The summed E-state index contributed by atoms with van der Waals surface area (Å²) in [5.74, 6) is -0.631. The van der Waals surface area contributed by atoms with Crippen molar-refractivity contribution < 1.29 is 67.6 Å². The summed E-state index contributed by atoms with van der Waals surface area (Å²) in [6.07, 6.45) is 3.44. The number of aliphatic hydroxyl groups excluding tert-OH is 2. The number of benzene rings is 5. The largest absolute Gasteiger partial charge is 0.497 e. The van der Waals surface area contributed by atoms with Gasteiger partial charge in [-0.1, -0.05) is 159 Å². The number of ether oxygens (including phenoxy) is 3. The van der Waals surface area contributed by atoms with Crippen LogP contribution in [0.25, 0.3) is 0 Å². The highest BCUT2D eigenvalue weighted by Gasteiger charge is 2.32. The van der Waals surface area contributed by atoms with Crippen molar-refractivity contribution in [1.29, 1.82) is 0 Å². The molecule has 0 heterocycles. The van der Waals surface area contributed by atoms with E-state index in [1.54, 1.807) is 35.2 Å². The Bertz CT molecular complexity index is 3260. The lowest BCUT2D eigenvalue weighted by molar-refractivity contribution is -0.139. The number of hydrogen-bond donors (Lipinski definition) is 8. The van der Waals surface area contributed by atoms with Crippen LogP contribution in [0.3, 0.4) is 0 Å². The molecule has 0 bridgehead atoms. The summed E-state index contributed by atoms with van der Waals surface area (Å²) in [5, 5.41) is 34.9. The minimum Gasteiger partial charge on any atom is -0.497 e. The molecule has 0 saturated heterocycles. The number of methoxy groups -OCH3 is 3. The number of carbonyl (C=O) groups is 9. The van der Waals surface area contributed by atoms with Gasteiger partial charge in [0.15, 0.2) is 11.6 Å². The molecule has 5 amide bonds. The number of ketones is 4. The number of halogens is 1. The van der Waals surface area contributed by atoms with E-state index in [4.69, 9.17) is 19.9 Å². The van der Waals surface area contributed by atoms with Crippen LogP contribution in [0.5, 0.6) is 17.2 Å². The Labute approximate surface area is 593 Å². The highest BCUT2D eigenvalue weighted by Crippen LogP contribution is 2.20. The number of nitrogens with one attached hydrogen (secondary N) is 5. The average molecular weight is 1390 g/mol. The Morgan fingerprint density at radius 3 is 1.07 bits per heavy atom. The Morgan fingerprint density at radius 2 is 0.727 bits per heavy atom. The lowest BCUT2D eigenvalue weighted by Crippen LogP contribution is -2.54. The van der Waals surface area contributed by atoms with E-state index in [2.05, 4.69) is 26.6 Å². The van der Waals surface area contributed by atoms with Crippen molar-refractivity contribution in [2.45, 2.75) is 214 Å². The van der Waals surface area contributed by atoms with E-state index >= 15 is 0 Å². The standard InChI is InChI=1S/C29H40N2O5.C29H38N2O5.C20H32N2O4.ClH/c2*1-5-24(28(34)26(32)16-14-22-12-9-13-23(19-22)36-4)31-29(35)25(18-20(2)3)30-27(33)17-15-21-10-7-6-8-11-21;1-5-17(22-20(25)16(21)11-13(2)3)19(24)18(23)10-9-14-7-6-8-15(12-14)26-4;/h6-13,19-20,24-25,28,34H,5,14-18H2,1-4H3,(H,30,33)(H,31,35);6-13,19-20,24-25H,5,14-18H2,1-4H3,(H,30,33)(H,31,35);6-8,12-13,16-17,19,24H,5,9-11,21H2,1-4H3,(H,22,25);1H/t24?,25-,28?;24?,25-;16-,17?,19?;/m000./s1. The zero-order chi connectivity index (χ0) is 72.7. The van der Waals surface area contributed by atoms with Gasteiger partial charge in [-0.15, -0.1) is 12.4 Å². The average Bonchev–Trinajstić information content (AvgIpc) is 0.959.